The topological polar surface area (TPSA) is 71.5 Å². The summed E-state index contributed by atoms with van der Waals surface area (Å²) in [6.45, 7) is 3.52. The van der Waals surface area contributed by atoms with Crippen LogP contribution < -0.4 is 5.32 Å². The van der Waals surface area contributed by atoms with Gasteiger partial charge in [0.25, 0.3) is 0 Å². The van der Waals surface area contributed by atoms with Crippen LogP contribution in [0, 0.1) is 0 Å². The molecule has 0 spiro atoms. The Morgan fingerprint density at radius 3 is 2.71 bits per heavy atom. The van der Waals surface area contributed by atoms with E-state index in [9.17, 15) is 8.42 Å². The number of sulfonamides is 1. The molecular formula is C17H25N3O3S. The maximum Gasteiger partial charge on any atom is 0.244 e. The number of nitrogens with zero attached hydrogens (tertiary/aromatic N) is 2. The molecule has 24 heavy (non-hydrogen) atoms. The van der Waals surface area contributed by atoms with Crippen LogP contribution in [0.2, 0.25) is 0 Å². The van der Waals surface area contributed by atoms with Crippen molar-refractivity contribution >= 4 is 15.8 Å². The van der Waals surface area contributed by atoms with Crippen LogP contribution in [0.1, 0.15) is 32.1 Å². The third-order valence-electron chi connectivity index (χ3n) is 4.50. The van der Waals surface area contributed by atoms with Gasteiger partial charge in [-0.3, -0.25) is 0 Å². The molecule has 1 aromatic heterocycles. The average Bonchev–Trinajstić information content (AvgIpc) is 2.64. The minimum atomic E-state index is -3.40. The van der Waals surface area contributed by atoms with Crippen LogP contribution in [0.15, 0.2) is 34.9 Å². The fourth-order valence-corrected chi connectivity index (χ4v) is 4.50. The molecular weight excluding hydrogens is 326 g/mol. The molecule has 7 heteroatoms. The van der Waals surface area contributed by atoms with Crippen molar-refractivity contribution in [3.05, 3.63) is 30.0 Å². The van der Waals surface area contributed by atoms with E-state index in [-0.39, 0.29) is 4.90 Å². The monoisotopic (exact) mass is 351 g/mol. The first-order chi connectivity index (χ1) is 11.7. The fourth-order valence-electron chi connectivity index (χ4n) is 3.04. The first-order valence-corrected chi connectivity index (χ1v) is 10.1. The van der Waals surface area contributed by atoms with E-state index in [1.807, 2.05) is 0 Å². The summed E-state index contributed by atoms with van der Waals surface area (Å²) in [5.74, 6) is 0.709. The minimum Gasteiger partial charge on any atom is -0.377 e. The van der Waals surface area contributed by atoms with Gasteiger partial charge in [-0.2, -0.15) is 4.31 Å². The van der Waals surface area contributed by atoms with Gasteiger partial charge >= 0.3 is 0 Å². The summed E-state index contributed by atoms with van der Waals surface area (Å²) in [7, 11) is -3.40. The van der Waals surface area contributed by atoms with Crippen molar-refractivity contribution in [3.8, 4) is 0 Å². The van der Waals surface area contributed by atoms with Crippen molar-refractivity contribution in [1.82, 2.24) is 9.29 Å². The van der Waals surface area contributed by atoms with E-state index < -0.39 is 10.0 Å². The number of piperidine rings is 1. The summed E-state index contributed by atoms with van der Waals surface area (Å²) in [6.07, 6.45) is 8.52. The quantitative estimate of drug-likeness (QED) is 0.797. The Bertz CT molecular complexity index is 665. The molecule has 1 N–H and O–H groups in total. The maximum absolute atomic E-state index is 12.6. The molecule has 3 rings (SSSR count). The van der Waals surface area contributed by atoms with Crippen molar-refractivity contribution in [2.24, 2.45) is 0 Å². The molecule has 2 aliphatic heterocycles. The van der Waals surface area contributed by atoms with E-state index in [2.05, 4.69) is 16.4 Å². The summed E-state index contributed by atoms with van der Waals surface area (Å²) in [5.41, 5.74) is 1.40. The van der Waals surface area contributed by atoms with E-state index in [0.717, 1.165) is 45.3 Å². The number of hydrogen-bond donors (Lipinski definition) is 1. The smallest absolute Gasteiger partial charge is 0.244 e. The molecule has 0 unspecified atom stereocenters. The molecule has 0 aromatic carbocycles. The number of anilines is 1. The lowest BCUT2D eigenvalue weighted by atomic mass is 10.1. The molecule has 132 valence electrons. The normalized spacial score (nSPS) is 19.8. The van der Waals surface area contributed by atoms with Crippen LogP contribution in [0.25, 0.3) is 0 Å². The number of nitrogens with one attached hydrogen (secondary N) is 1. The van der Waals surface area contributed by atoms with E-state index >= 15 is 0 Å². The zero-order chi connectivity index (χ0) is 16.8. The first-order valence-electron chi connectivity index (χ1n) is 8.62. The Hall–Kier alpha value is -1.44. The van der Waals surface area contributed by atoms with Gasteiger partial charge in [0, 0.05) is 25.8 Å². The molecule has 3 heterocycles. The van der Waals surface area contributed by atoms with Crippen LogP contribution in [-0.2, 0) is 14.8 Å². The van der Waals surface area contributed by atoms with Crippen molar-refractivity contribution in [1.29, 1.82) is 0 Å². The van der Waals surface area contributed by atoms with Gasteiger partial charge in [0.2, 0.25) is 10.0 Å². The second-order valence-electron chi connectivity index (χ2n) is 6.21. The van der Waals surface area contributed by atoms with Crippen molar-refractivity contribution in [2.45, 2.75) is 37.0 Å². The summed E-state index contributed by atoms with van der Waals surface area (Å²) in [5, 5.41) is 3.25. The minimum absolute atomic E-state index is 0.280. The van der Waals surface area contributed by atoms with Gasteiger partial charge in [-0.1, -0.05) is 18.1 Å². The highest BCUT2D eigenvalue weighted by Crippen LogP contribution is 2.21. The van der Waals surface area contributed by atoms with Crippen molar-refractivity contribution in [3.63, 3.8) is 0 Å². The van der Waals surface area contributed by atoms with E-state index in [0.29, 0.717) is 25.5 Å². The molecule has 1 fully saturated rings. The first kappa shape index (κ1) is 17.4. The molecule has 0 radical (unpaired) electrons. The van der Waals surface area contributed by atoms with Crippen LogP contribution in [-0.4, -0.2) is 50.6 Å². The highest BCUT2D eigenvalue weighted by molar-refractivity contribution is 7.89. The molecule has 1 aromatic rings. The third kappa shape index (κ3) is 4.34. The predicted octanol–water partition coefficient (Wildman–Crippen LogP) is 2.40. The Morgan fingerprint density at radius 2 is 2.04 bits per heavy atom. The average molecular weight is 351 g/mol. The highest BCUT2D eigenvalue weighted by Gasteiger charge is 2.26. The Kier molecular flexibility index (Phi) is 5.86. The SMILES string of the molecule is O=S(=O)(c1ccc(NCCC2=CCOCC2)nc1)N1CCCCC1. The Balaban J connectivity index is 1.55. The van der Waals surface area contributed by atoms with Crippen LogP contribution >= 0.6 is 0 Å². The molecule has 0 atom stereocenters. The van der Waals surface area contributed by atoms with Crippen LogP contribution in [0.3, 0.4) is 0 Å². The molecule has 0 amide bonds. The maximum atomic E-state index is 12.6. The summed E-state index contributed by atoms with van der Waals surface area (Å²) >= 11 is 0. The molecule has 6 nitrogen and oxygen atoms in total. The fraction of sp³-hybridized carbons (Fsp3) is 0.588. The van der Waals surface area contributed by atoms with Gasteiger partial charge in [0.1, 0.15) is 10.7 Å². The largest absolute Gasteiger partial charge is 0.377 e. The number of rotatable bonds is 6. The standard InChI is InChI=1S/C17H25N3O3S/c21-24(22,20-10-2-1-3-11-20)16-4-5-17(19-14-16)18-9-6-15-7-12-23-13-8-15/h4-5,7,14H,1-3,6,8-13H2,(H,18,19). The number of ether oxygens (including phenoxy) is 1. The molecule has 0 aliphatic carbocycles. The van der Waals surface area contributed by atoms with Gasteiger partial charge in [-0.05, 0) is 37.8 Å². The molecule has 1 saturated heterocycles. The Labute approximate surface area is 144 Å². The zero-order valence-electron chi connectivity index (χ0n) is 13.9. The highest BCUT2D eigenvalue weighted by atomic mass is 32.2. The van der Waals surface area contributed by atoms with E-state index in [1.165, 1.54) is 11.8 Å². The van der Waals surface area contributed by atoms with Crippen molar-refractivity contribution < 1.29 is 13.2 Å². The van der Waals surface area contributed by atoms with Crippen LogP contribution in [0.5, 0.6) is 0 Å². The summed E-state index contributed by atoms with van der Waals surface area (Å²) in [6, 6.07) is 3.39. The van der Waals surface area contributed by atoms with E-state index in [4.69, 9.17) is 4.74 Å². The second-order valence-corrected chi connectivity index (χ2v) is 8.15. The predicted molar refractivity (Wildman–Crippen MR) is 93.5 cm³/mol. The zero-order valence-corrected chi connectivity index (χ0v) is 14.7. The lowest BCUT2D eigenvalue weighted by Gasteiger charge is -2.25. The van der Waals surface area contributed by atoms with Crippen LogP contribution in [0.4, 0.5) is 5.82 Å². The van der Waals surface area contributed by atoms with Crippen molar-refractivity contribution in [2.75, 3.05) is 38.2 Å². The van der Waals surface area contributed by atoms with Gasteiger partial charge in [0.05, 0.1) is 13.2 Å². The van der Waals surface area contributed by atoms with Gasteiger partial charge in [-0.25, -0.2) is 13.4 Å². The van der Waals surface area contributed by atoms with Gasteiger partial charge < -0.3 is 10.1 Å². The second kappa shape index (κ2) is 8.09. The summed E-state index contributed by atoms with van der Waals surface area (Å²) < 4.78 is 32.0. The number of aromatic nitrogens is 1. The Morgan fingerprint density at radius 1 is 1.21 bits per heavy atom. The van der Waals surface area contributed by atoms with Gasteiger partial charge in [0.15, 0.2) is 0 Å². The van der Waals surface area contributed by atoms with Gasteiger partial charge in [-0.15, -0.1) is 0 Å². The number of pyridine rings is 1. The molecule has 0 bridgehead atoms. The molecule has 0 saturated carbocycles. The lowest BCUT2D eigenvalue weighted by Crippen LogP contribution is -2.35. The third-order valence-corrected chi connectivity index (χ3v) is 6.38. The summed E-state index contributed by atoms with van der Waals surface area (Å²) in [4.78, 5) is 4.54. The lowest BCUT2D eigenvalue weighted by molar-refractivity contribution is 0.153. The number of hydrogen-bond acceptors (Lipinski definition) is 5. The molecule has 2 aliphatic rings. The van der Waals surface area contributed by atoms with E-state index in [1.54, 1.807) is 16.4 Å².